The highest BCUT2D eigenvalue weighted by atomic mass is 28.4. The molecule has 0 saturated carbocycles. The summed E-state index contributed by atoms with van der Waals surface area (Å²) in [6.45, 7) is 13.0. The van der Waals surface area contributed by atoms with Crippen LogP contribution in [0.1, 0.15) is 45.2 Å². The highest BCUT2D eigenvalue weighted by Crippen LogP contribution is 2.46. The first-order valence-electron chi connectivity index (χ1n) is 11.5. The summed E-state index contributed by atoms with van der Waals surface area (Å²) in [4.78, 5) is 21.1. The van der Waals surface area contributed by atoms with Crippen LogP contribution in [0.25, 0.3) is 0 Å². The highest BCUT2D eigenvalue weighted by molar-refractivity contribution is 6.74. The largest absolute Gasteiger partial charge is 0.384 e. The summed E-state index contributed by atoms with van der Waals surface area (Å²) >= 11 is 0. The van der Waals surface area contributed by atoms with Crippen molar-refractivity contribution in [2.75, 3.05) is 0 Å². The van der Waals surface area contributed by atoms with Gasteiger partial charge in [-0.1, -0.05) is 86.6 Å². The fraction of sp³-hybridized carbons (Fsp3) is 0.462. The van der Waals surface area contributed by atoms with Crippen molar-refractivity contribution in [2.45, 2.75) is 76.9 Å². The van der Waals surface area contributed by atoms with E-state index >= 15 is 0 Å². The van der Waals surface area contributed by atoms with Crippen LogP contribution in [0.4, 0.5) is 0 Å². The van der Waals surface area contributed by atoms with Crippen LogP contribution >= 0.6 is 0 Å². The van der Waals surface area contributed by atoms with Gasteiger partial charge >= 0.3 is 0 Å². The van der Waals surface area contributed by atoms with Crippen molar-refractivity contribution in [3.63, 3.8) is 0 Å². The molecule has 0 spiro atoms. The van der Waals surface area contributed by atoms with E-state index in [0.717, 1.165) is 16.8 Å². The van der Waals surface area contributed by atoms with Crippen LogP contribution in [-0.4, -0.2) is 43.0 Å². The zero-order valence-corrected chi connectivity index (χ0v) is 21.4. The fourth-order valence-corrected chi connectivity index (χ4v) is 5.31. The first-order valence-corrected chi connectivity index (χ1v) is 14.5. The topological polar surface area (TPSA) is 60.4 Å². The molecule has 1 amide bonds. The second-order valence-electron chi connectivity index (χ2n) is 10.4. The third-order valence-electron chi connectivity index (χ3n) is 6.91. The number of hydrogen-bond acceptors (Lipinski definition) is 5. The fourth-order valence-electron chi connectivity index (χ4n) is 3.98. The van der Waals surface area contributed by atoms with Crippen LogP contribution < -0.4 is 0 Å². The molecule has 7 heteroatoms. The lowest BCUT2D eigenvalue weighted by atomic mass is 10.0. The van der Waals surface area contributed by atoms with Crippen LogP contribution in [0.2, 0.25) is 18.1 Å². The lowest BCUT2D eigenvalue weighted by molar-refractivity contribution is -0.296. The zero-order valence-electron chi connectivity index (χ0n) is 20.4. The van der Waals surface area contributed by atoms with Gasteiger partial charge in [-0.3, -0.25) is 9.69 Å². The molecule has 2 aromatic carbocycles. The summed E-state index contributed by atoms with van der Waals surface area (Å²) in [7, 11) is -2.38. The Morgan fingerprint density at radius 2 is 1.70 bits per heavy atom. The van der Waals surface area contributed by atoms with E-state index < -0.39 is 26.4 Å². The quantitative estimate of drug-likeness (QED) is 0.542. The smallest absolute Gasteiger partial charge is 0.288 e. The monoisotopic (exact) mass is 466 g/mol. The Morgan fingerprint density at radius 1 is 1.09 bits per heavy atom. The maximum absolute atomic E-state index is 13.4. The standard InChI is InChI=1S/C26H34N2O4Si/c1-19-24(29)28(18-20-13-9-7-10-14-20)26(30-19,32-33(5,6)25(2,3)4)23-17-22(27-31-23)21-15-11-8-12-16-21/h7-16,19,23H,17-18H2,1-6H3/t19-,23-,26-/m0/s1. The van der Waals surface area contributed by atoms with E-state index in [1.165, 1.54) is 0 Å². The molecule has 33 heavy (non-hydrogen) atoms. The second-order valence-corrected chi connectivity index (χ2v) is 15.1. The SMILES string of the molecule is C[C@@H]1O[C@](O[Si](C)(C)C(C)(C)C)([C@@H]2CC(c3ccccc3)=NO2)N(Cc2ccccc2)C1=O. The van der Waals surface area contributed by atoms with E-state index in [2.05, 4.69) is 39.0 Å². The number of nitrogens with zero attached hydrogens (tertiary/aromatic N) is 2. The second kappa shape index (κ2) is 8.70. The third kappa shape index (κ3) is 4.49. The number of benzene rings is 2. The molecule has 0 radical (unpaired) electrons. The van der Waals surface area contributed by atoms with E-state index in [1.807, 2.05) is 60.7 Å². The molecule has 2 aliphatic heterocycles. The summed E-state index contributed by atoms with van der Waals surface area (Å²) < 4.78 is 13.4. The summed E-state index contributed by atoms with van der Waals surface area (Å²) in [6, 6.07) is 19.9. The Kier molecular flexibility index (Phi) is 6.24. The lowest BCUT2D eigenvalue weighted by Crippen LogP contribution is -2.62. The molecule has 0 aromatic heterocycles. The van der Waals surface area contributed by atoms with Crippen LogP contribution in [0.15, 0.2) is 65.8 Å². The van der Waals surface area contributed by atoms with Gasteiger partial charge in [0, 0.05) is 6.42 Å². The van der Waals surface area contributed by atoms with Gasteiger partial charge in [-0.15, -0.1) is 0 Å². The van der Waals surface area contributed by atoms with Gasteiger partial charge in [0.1, 0.15) is 6.10 Å². The van der Waals surface area contributed by atoms with Crippen LogP contribution in [0.3, 0.4) is 0 Å². The number of ether oxygens (including phenoxy) is 1. The molecule has 2 aromatic rings. The Bertz CT molecular complexity index is 1020. The molecule has 1 saturated heterocycles. The molecular formula is C26H34N2O4Si. The predicted octanol–water partition coefficient (Wildman–Crippen LogP) is 5.30. The van der Waals surface area contributed by atoms with E-state index in [9.17, 15) is 4.79 Å². The number of hydrogen-bond donors (Lipinski definition) is 0. The average molecular weight is 467 g/mol. The number of carbonyl (C=O) groups excluding carboxylic acids is 1. The van der Waals surface area contributed by atoms with Gasteiger partial charge in [0.2, 0.25) is 6.10 Å². The number of amides is 1. The number of oxime groups is 1. The molecule has 4 rings (SSSR count). The summed E-state index contributed by atoms with van der Waals surface area (Å²) in [5, 5.41) is 4.31. The van der Waals surface area contributed by atoms with Gasteiger partial charge in [0.05, 0.1) is 12.3 Å². The first-order chi connectivity index (χ1) is 15.5. The molecule has 0 bridgehead atoms. The minimum Gasteiger partial charge on any atom is -0.384 e. The minimum atomic E-state index is -2.38. The van der Waals surface area contributed by atoms with Crippen LogP contribution in [0, 0.1) is 0 Å². The van der Waals surface area contributed by atoms with E-state index in [0.29, 0.717) is 13.0 Å². The van der Waals surface area contributed by atoms with Gasteiger partial charge < -0.3 is 14.0 Å². The minimum absolute atomic E-state index is 0.0849. The first kappa shape index (κ1) is 23.7. The molecule has 6 nitrogen and oxygen atoms in total. The maximum atomic E-state index is 13.4. The molecule has 176 valence electrons. The summed E-state index contributed by atoms with van der Waals surface area (Å²) in [5.41, 5.74) is 2.83. The van der Waals surface area contributed by atoms with Gasteiger partial charge in [-0.05, 0) is 36.2 Å². The van der Waals surface area contributed by atoms with Crippen molar-refractivity contribution in [2.24, 2.45) is 5.16 Å². The highest BCUT2D eigenvalue weighted by Gasteiger charge is 2.62. The van der Waals surface area contributed by atoms with E-state index in [1.54, 1.807) is 11.8 Å². The van der Waals surface area contributed by atoms with Gasteiger partial charge in [0.15, 0.2) is 8.32 Å². The molecular weight excluding hydrogens is 432 g/mol. The Balaban J connectivity index is 1.73. The van der Waals surface area contributed by atoms with Crippen molar-refractivity contribution in [1.82, 2.24) is 4.90 Å². The molecule has 3 atom stereocenters. The average Bonchev–Trinajstić information content (AvgIpc) is 3.35. The third-order valence-corrected chi connectivity index (χ3v) is 11.3. The summed E-state index contributed by atoms with van der Waals surface area (Å²) in [5.74, 6) is -1.45. The van der Waals surface area contributed by atoms with Crippen molar-refractivity contribution in [3.05, 3.63) is 71.8 Å². The zero-order chi connectivity index (χ0) is 23.9. The van der Waals surface area contributed by atoms with Crippen LogP contribution in [0.5, 0.6) is 0 Å². The molecule has 0 aliphatic carbocycles. The summed E-state index contributed by atoms with van der Waals surface area (Å²) in [6.07, 6.45) is -0.716. The van der Waals surface area contributed by atoms with E-state index in [-0.39, 0.29) is 10.9 Å². The Labute approximate surface area is 197 Å². The number of rotatable bonds is 6. The Morgan fingerprint density at radius 3 is 2.30 bits per heavy atom. The lowest BCUT2D eigenvalue weighted by Gasteiger charge is -2.47. The normalized spacial score (nSPS) is 25.8. The van der Waals surface area contributed by atoms with Crippen molar-refractivity contribution in [1.29, 1.82) is 0 Å². The predicted molar refractivity (Wildman–Crippen MR) is 131 cm³/mol. The van der Waals surface area contributed by atoms with Crippen LogP contribution in [-0.2, 0) is 25.3 Å². The van der Waals surface area contributed by atoms with Gasteiger partial charge in [0.25, 0.3) is 11.8 Å². The molecule has 2 heterocycles. The van der Waals surface area contributed by atoms with E-state index in [4.69, 9.17) is 14.0 Å². The molecule has 0 N–H and O–H groups in total. The molecule has 2 aliphatic rings. The Hall–Kier alpha value is -2.48. The van der Waals surface area contributed by atoms with Crippen molar-refractivity contribution < 1.29 is 18.8 Å². The molecule has 1 fully saturated rings. The van der Waals surface area contributed by atoms with Gasteiger partial charge in [-0.25, -0.2) is 0 Å². The maximum Gasteiger partial charge on any atom is 0.288 e. The van der Waals surface area contributed by atoms with Gasteiger partial charge in [-0.2, -0.15) is 0 Å². The molecule has 0 unspecified atom stereocenters. The van der Waals surface area contributed by atoms with Crippen molar-refractivity contribution >= 4 is 19.9 Å². The number of carbonyl (C=O) groups is 1. The van der Waals surface area contributed by atoms with Crippen molar-refractivity contribution in [3.8, 4) is 0 Å².